The molecule has 1 aromatic rings. The van der Waals surface area contributed by atoms with Crippen molar-refractivity contribution < 1.29 is 9.59 Å². The lowest BCUT2D eigenvalue weighted by atomic mass is 10.3. The van der Waals surface area contributed by atoms with E-state index in [1.165, 1.54) is 12.4 Å². The second kappa shape index (κ2) is 8.02. The van der Waals surface area contributed by atoms with Crippen LogP contribution in [0.2, 0.25) is 0 Å². The van der Waals surface area contributed by atoms with Crippen LogP contribution in [0.4, 0.5) is 5.82 Å². The van der Waals surface area contributed by atoms with E-state index in [1.54, 1.807) is 0 Å². The van der Waals surface area contributed by atoms with Gasteiger partial charge in [-0.05, 0) is 13.8 Å². The van der Waals surface area contributed by atoms with E-state index in [0.717, 1.165) is 6.54 Å². The molecule has 1 rings (SSSR count). The van der Waals surface area contributed by atoms with Crippen LogP contribution in [0.15, 0.2) is 12.4 Å². The molecular formula is C12H19N5O2. The second-order valence-electron chi connectivity index (χ2n) is 3.78. The van der Waals surface area contributed by atoms with Crippen LogP contribution in [-0.4, -0.2) is 41.4 Å². The summed E-state index contributed by atoms with van der Waals surface area (Å²) in [5.74, 6) is 0.206. The molecule has 0 aliphatic rings. The number of carbonyl (C=O) groups excluding carboxylic acids is 2. The first-order valence-corrected chi connectivity index (χ1v) is 6.28. The summed E-state index contributed by atoms with van der Waals surface area (Å²) in [4.78, 5) is 30.9. The Kier molecular flexibility index (Phi) is 6.28. The maximum atomic E-state index is 11.7. The SMILES string of the molecule is CCNC(=O)CCNC(=O)c1cnc(NCC)cn1. The van der Waals surface area contributed by atoms with Gasteiger partial charge in [-0.15, -0.1) is 0 Å². The number of rotatable bonds is 7. The zero-order valence-corrected chi connectivity index (χ0v) is 11.2. The summed E-state index contributed by atoms with van der Waals surface area (Å²) in [5.41, 5.74) is 0.234. The van der Waals surface area contributed by atoms with Gasteiger partial charge in [0.05, 0.1) is 12.4 Å². The molecule has 2 amide bonds. The van der Waals surface area contributed by atoms with Crippen LogP contribution in [0.1, 0.15) is 30.8 Å². The van der Waals surface area contributed by atoms with E-state index in [9.17, 15) is 9.59 Å². The number of anilines is 1. The van der Waals surface area contributed by atoms with Gasteiger partial charge in [0.15, 0.2) is 0 Å². The molecule has 0 radical (unpaired) electrons. The van der Waals surface area contributed by atoms with Gasteiger partial charge in [-0.1, -0.05) is 0 Å². The third-order valence-electron chi connectivity index (χ3n) is 2.25. The molecule has 0 fully saturated rings. The topological polar surface area (TPSA) is 96.0 Å². The fourth-order valence-electron chi connectivity index (χ4n) is 1.38. The van der Waals surface area contributed by atoms with Gasteiger partial charge < -0.3 is 16.0 Å². The predicted octanol–water partition coefficient (Wildman–Crippen LogP) is 0.164. The molecule has 19 heavy (non-hydrogen) atoms. The number of carbonyl (C=O) groups is 2. The molecule has 0 bridgehead atoms. The second-order valence-corrected chi connectivity index (χ2v) is 3.78. The first-order chi connectivity index (χ1) is 9.17. The summed E-state index contributed by atoms with van der Waals surface area (Å²) < 4.78 is 0. The molecule has 7 heteroatoms. The van der Waals surface area contributed by atoms with Crippen LogP contribution in [0.3, 0.4) is 0 Å². The molecule has 0 spiro atoms. The van der Waals surface area contributed by atoms with Crippen LogP contribution in [0.5, 0.6) is 0 Å². The molecule has 0 aliphatic heterocycles. The smallest absolute Gasteiger partial charge is 0.271 e. The standard InChI is InChI=1S/C12H19N5O2/c1-3-13-10-8-16-9(7-17-10)12(19)15-6-5-11(18)14-4-2/h7-8H,3-6H2,1-2H3,(H,13,17)(H,14,18)(H,15,19). The fraction of sp³-hybridized carbons (Fsp3) is 0.500. The van der Waals surface area contributed by atoms with Crippen molar-refractivity contribution in [2.24, 2.45) is 0 Å². The summed E-state index contributed by atoms with van der Waals surface area (Å²) in [5, 5.41) is 8.26. The number of nitrogens with one attached hydrogen (secondary N) is 3. The van der Waals surface area contributed by atoms with E-state index in [0.29, 0.717) is 12.4 Å². The molecule has 1 aromatic heterocycles. The average Bonchev–Trinajstić information content (AvgIpc) is 2.40. The van der Waals surface area contributed by atoms with Gasteiger partial charge in [0, 0.05) is 26.1 Å². The van der Waals surface area contributed by atoms with Crippen molar-refractivity contribution in [3.63, 3.8) is 0 Å². The monoisotopic (exact) mass is 265 g/mol. The quantitative estimate of drug-likeness (QED) is 0.653. The van der Waals surface area contributed by atoms with E-state index >= 15 is 0 Å². The van der Waals surface area contributed by atoms with Crippen molar-refractivity contribution in [1.29, 1.82) is 0 Å². The lowest BCUT2D eigenvalue weighted by Crippen LogP contribution is -2.31. The van der Waals surface area contributed by atoms with Gasteiger partial charge in [0.1, 0.15) is 11.5 Å². The lowest BCUT2D eigenvalue weighted by Gasteiger charge is -2.05. The number of aromatic nitrogens is 2. The van der Waals surface area contributed by atoms with Crippen molar-refractivity contribution >= 4 is 17.6 Å². The molecule has 0 atom stereocenters. The molecule has 0 saturated heterocycles. The van der Waals surface area contributed by atoms with Crippen molar-refractivity contribution in [1.82, 2.24) is 20.6 Å². The summed E-state index contributed by atoms with van der Waals surface area (Å²) in [6, 6.07) is 0. The first kappa shape index (κ1) is 14.9. The maximum absolute atomic E-state index is 11.7. The third-order valence-corrected chi connectivity index (χ3v) is 2.25. The van der Waals surface area contributed by atoms with E-state index in [1.807, 2.05) is 13.8 Å². The summed E-state index contributed by atoms with van der Waals surface area (Å²) in [6.45, 7) is 5.40. The molecule has 3 N–H and O–H groups in total. The minimum Gasteiger partial charge on any atom is -0.369 e. The van der Waals surface area contributed by atoms with Crippen LogP contribution < -0.4 is 16.0 Å². The third kappa shape index (κ3) is 5.33. The average molecular weight is 265 g/mol. The highest BCUT2D eigenvalue weighted by atomic mass is 16.2. The van der Waals surface area contributed by atoms with Gasteiger partial charge in [0.25, 0.3) is 5.91 Å². The van der Waals surface area contributed by atoms with Crippen molar-refractivity contribution in [2.75, 3.05) is 25.0 Å². The number of nitrogens with zero attached hydrogens (tertiary/aromatic N) is 2. The largest absolute Gasteiger partial charge is 0.369 e. The summed E-state index contributed by atoms with van der Waals surface area (Å²) in [6.07, 6.45) is 3.16. The highest BCUT2D eigenvalue weighted by Crippen LogP contribution is 2.00. The van der Waals surface area contributed by atoms with E-state index in [-0.39, 0.29) is 30.5 Å². The Bertz CT molecular complexity index is 419. The highest BCUT2D eigenvalue weighted by molar-refractivity contribution is 5.92. The Balaban J connectivity index is 2.38. The normalized spacial score (nSPS) is 9.79. The molecule has 104 valence electrons. The zero-order valence-electron chi connectivity index (χ0n) is 11.2. The minimum absolute atomic E-state index is 0.0867. The van der Waals surface area contributed by atoms with Crippen LogP contribution >= 0.6 is 0 Å². The van der Waals surface area contributed by atoms with Gasteiger partial charge in [-0.25, -0.2) is 9.97 Å². The molecule has 0 saturated carbocycles. The van der Waals surface area contributed by atoms with Gasteiger partial charge in [-0.2, -0.15) is 0 Å². The van der Waals surface area contributed by atoms with Crippen LogP contribution in [0.25, 0.3) is 0 Å². The zero-order chi connectivity index (χ0) is 14.1. The number of hydrogen-bond donors (Lipinski definition) is 3. The Morgan fingerprint density at radius 2 is 1.89 bits per heavy atom. The van der Waals surface area contributed by atoms with Gasteiger partial charge >= 0.3 is 0 Å². The van der Waals surface area contributed by atoms with Gasteiger partial charge in [0.2, 0.25) is 5.91 Å². The highest BCUT2D eigenvalue weighted by Gasteiger charge is 2.08. The van der Waals surface area contributed by atoms with Crippen molar-refractivity contribution in [2.45, 2.75) is 20.3 Å². The minimum atomic E-state index is -0.333. The molecule has 7 nitrogen and oxygen atoms in total. The maximum Gasteiger partial charge on any atom is 0.271 e. The molecule has 0 aromatic carbocycles. The number of amides is 2. The molecule has 0 unspecified atom stereocenters. The Morgan fingerprint density at radius 1 is 1.11 bits per heavy atom. The Morgan fingerprint density at radius 3 is 2.47 bits per heavy atom. The molecule has 0 aliphatic carbocycles. The van der Waals surface area contributed by atoms with E-state index in [4.69, 9.17) is 0 Å². The van der Waals surface area contributed by atoms with E-state index in [2.05, 4.69) is 25.9 Å². The fourth-order valence-corrected chi connectivity index (χ4v) is 1.38. The Labute approximate surface area is 112 Å². The van der Waals surface area contributed by atoms with Gasteiger partial charge in [-0.3, -0.25) is 9.59 Å². The van der Waals surface area contributed by atoms with Crippen LogP contribution in [-0.2, 0) is 4.79 Å². The Hall–Kier alpha value is -2.18. The van der Waals surface area contributed by atoms with Crippen molar-refractivity contribution in [3.05, 3.63) is 18.1 Å². The predicted molar refractivity (Wildman–Crippen MR) is 71.8 cm³/mol. The van der Waals surface area contributed by atoms with Crippen molar-refractivity contribution in [3.8, 4) is 0 Å². The summed E-state index contributed by atoms with van der Waals surface area (Å²) in [7, 11) is 0. The molecular weight excluding hydrogens is 246 g/mol. The first-order valence-electron chi connectivity index (χ1n) is 6.28. The lowest BCUT2D eigenvalue weighted by molar-refractivity contribution is -0.120. The molecule has 1 heterocycles. The van der Waals surface area contributed by atoms with Crippen LogP contribution in [0, 0.1) is 0 Å². The van der Waals surface area contributed by atoms with E-state index < -0.39 is 0 Å². The summed E-state index contributed by atoms with van der Waals surface area (Å²) >= 11 is 0. The number of hydrogen-bond acceptors (Lipinski definition) is 5.